The average Bonchev–Trinajstić information content (AvgIpc) is 3.36. The quantitative estimate of drug-likeness (QED) is 0.301. The Morgan fingerprint density at radius 3 is 2.32 bits per heavy atom. The standard InChI is InChI=1S/C30H32N6O/c1-4-27(29-32-33-34-36(29)19-24-13-9-6-10-14-24)35(18-23-11-7-5-8-12-23)20-26-17-25-16-15-21(2)22(3)28(25)31-30(26)37/h5-17,27H,4,18-20H2,1-3H3,(H,31,37). The number of H-pyrrole nitrogens is 1. The molecule has 0 aliphatic carbocycles. The van der Waals surface area contributed by atoms with Crippen molar-refractivity contribution >= 4 is 10.9 Å². The van der Waals surface area contributed by atoms with E-state index in [1.807, 2.05) is 47.1 Å². The van der Waals surface area contributed by atoms with Crippen LogP contribution in [0, 0.1) is 13.8 Å². The number of tetrazole rings is 1. The topological polar surface area (TPSA) is 79.7 Å². The summed E-state index contributed by atoms with van der Waals surface area (Å²) >= 11 is 0. The lowest BCUT2D eigenvalue weighted by Gasteiger charge is -2.30. The lowest BCUT2D eigenvalue weighted by molar-refractivity contribution is 0.161. The zero-order chi connectivity index (χ0) is 25.8. The van der Waals surface area contributed by atoms with E-state index in [-0.39, 0.29) is 11.6 Å². The number of fused-ring (bicyclic) bond motifs is 1. The number of aryl methyl sites for hydroxylation is 2. The van der Waals surface area contributed by atoms with Gasteiger partial charge in [-0.3, -0.25) is 9.69 Å². The van der Waals surface area contributed by atoms with Crippen LogP contribution in [0.1, 0.15) is 53.0 Å². The summed E-state index contributed by atoms with van der Waals surface area (Å²) in [4.78, 5) is 18.7. The van der Waals surface area contributed by atoms with Gasteiger partial charge >= 0.3 is 0 Å². The lowest BCUT2D eigenvalue weighted by atomic mass is 10.0. The summed E-state index contributed by atoms with van der Waals surface area (Å²) in [6.45, 7) is 7.99. The van der Waals surface area contributed by atoms with Crippen molar-refractivity contribution in [1.82, 2.24) is 30.1 Å². The Balaban J connectivity index is 1.53. The van der Waals surface area contributed by atoms with Crippen LogP contribution in [-0.4, -0.2) is 30.1 Å². The van der Waals surface area contributed by atoms with Gasteiger partial charge in [-0.15, -0.1) is 5.10 Å². The van der Waals surface area contributed by atoms with Crippen molar-refractivity contribution in [2.24, 2.45) is 0 Å². The van der Waals surface area contributed by atoms with Crippen LogP contribution < -0.4 is 5.56 Å². The number of hydrogen-bond donors (Lipinski definition) is 1. The number of hydrogen-bond acceptors (Lipinski definition) is 5. The van der Waals surface area contributed by atoms with Gasteiger partial charge < -0.3 is 4.98 Å². The normalized spacial score (nSPS) is 12.3. The van der Waals surface area contributed by atoms with Crippen molar-refractivity contribution < 1.29 is 0 Å². The summed E-state index contributed by atoms with van der Waals surface area (Å²) in [7, 11) is 0. The molecule has 5 aromatic rings. The Hall–Kier alpha value is -4.10. The fraction of sp³-hybridized carbons (Fsp3) is 0.267. The first-order valence-corrected chi connectivity index (χ1v) is 12.7. The van der Waals surface area contributed by atoms with Crippen LogP contribution in [-0.2, 0) is 19.6 Å². The average molecular weight is 493 g/mol. The van der Waals surface area contributed by atoms with E-state index in [9.17, 15) is 4.79 Å². The highest BCUT2D eigenvalue weighted by Crippen LogP contribution is 2.27. The smallest absolute Gasteiger partial charge is 0.252 e. The molecule has 7 nitrogen and oxygen atoms in total. The van der Waals surface area contributed by atoms with Crippen molar-refractivity contribution in [3.05, 3.63) is 123 Å². The first kappa shape index (κ1) is 24.6. The van der Waals surface area contributed by atoms with Gasteiger partial charge in [0.2, 0.25) is 0 Å². The Kier molecular flexibility index (Phi) is 7.23. The summed E-state index contributed by atoms with van der Waals surface area (Å²) in [5.41, 5.74) is 6.16. The van der Waals surface area contributed by atoms with Gasteiger partial charge in [0, 0.05) is 18.7 Å². The van der Waals surface area contributed by atoms with Crippen LogP contribution in [0.4, 0.5) is 0 Å². The summed E-state index contributed by atoms with van der Waals surface area (Å²) in [5.74, 6) is 0.797. The maximum atomic E-state index is 13.3. The minimum absolute atomic E-state index is 0.0574. The van der Waals surface area contributed by atoms with Gasteiger partial charge in [0.25, 0.3) is 5.56 Å². The molecular weight excluding hydrogens is 460 g/mol. The van der Waals surface area contributed by atoms with Gasteiger partial charge in [-0.1, -0.05) is 79.7 Å². The third-order valence-corrected chi connectivity index (χ3v) is 7.09. The molecule has 0 spiro atoms. The monoisotopic (exact) mass is 492 g/mol. The fourth-order valence-electron chi connectivity index (χ4n) is 4.92. The summed E-state index contributed by atoms with van der Waals surface area (Å²) < 4.78 is 1.87. The molecule has 0 saturated heterocycles. The maximum absolute atomic E-state index is 13.3. The van der Waals surface area contributed by atoms with Crippen molar-refractivity contribution in [2.45, 2.75) is 52.9 Å². The second-order valence-corrected chi connectivity index (χ2v) is 9.59. The molecule has 37 heavy (non-hydrogen) atoms. The molecule has 0 amide bonds. The van der Waals surface area contributed by atoms with E-state index < -0.39 is 0 Å². The molecule has 3 aromatic carbocycles. The molecule has 0 aliphatic rings. The summed E-state index contributed by atoms with van der Waals surface area (Å²) in [5, 5.41) is 13.8. The van der Waals surface area contributed by atoms with E-state index in [4.69, 9.17) is 0 Å². The second-order valence-electron chi connectivity index (χ2n) is 9.59. The first-order chi connectivity index (χ1) is 18.0. The molecule has 5 rings (SSSR count). The SMILES string of the molecule is CCC(c1nnnn1Cc1ccccc1)N(Cc1ccccc1)Cc1cc2ccc(C)c(C)c2[nH]c1=O. The van der Waals surface area contributed by atoms with E-state index in [2.05, 4.69) is 82.6 Å². The van der Waals surface area contributed by atoms with Crippen LogP contribution in [0.25, 0.3) is 10.9 Å². The molecule has 0 aliphatic heterocycles. The van der Waals surface area contributed by atoms with E-state index >= 15 is 0 Å². The third-order valence-electron chi connectivity index (χ3n) is 7.09. The van der Waals surface area contributed by atoms with Gasteiger partial charge in [0.15, 0.2) is 5.82 Å². The van der Waals surface area contributed by atoms with Gasteiger partial charge in [-0.2, -0.15) is 0 Å². The Bertz CT molecular complexity index is 1540. The molecule has 7 heteroatoms. The van der Waals surface area contributed by atoms with Crippen LogP contribution in [0.3, 0.4) is 0 Å². The van der Waals surface area contributed by atoms with Gasteiger partial charge in [0.1, 0.15) is 0 Å². The van der Waals surface area contributed by atoms with Gasteiger partial charge in [-0.25, -0.2) is 4.68 Å². The number of aromatic amines is 1. The fourth-order valence-corrected chi connectivity index (χ4v) is 4.92. The highest BCUT2D eigenvalue weighted by atomic mass is 16.1. The molecule has 1 atom stereocenters. The molecule has 0 fully saturated rings. The molecule has 0 saturated carbocycles. The Labute approximate surface area is 216 Å². The minimum Gasteiger partial charge on any atom is -0.321 e. The van der Waals surface area contributed by atoms with Crippen molar-refractivity contribution in [3.63, 3.8) is 0 Å². The molecule has 2 heterocycles. The van der Waals surface area contributed by atoms with E-state index in [1.165, 1.54) is 5.56 Å². The van der Waals surface area contributed by atoms with Gasteiger partial charge in [0.05, 0.1) is 18.1 Å². The zero-order valence-electron chi connectivity index (χ0n) is 21.6. The van der Waals surface area contributed by atoms with Crippen molar-refractivity contribution in [2.75, 3.05) is 0 Å². The Morgan fingerprint density at radius 1 is 0.919 bits per heavy atom. The largest absolute Gasteiger partial charge is 0.321 e. The lowest BCUT2D eigenvalue weighted by Crippen LogP contribution is -2.32. The van der Waals surface area contributed by atoms with Crippen LogP contribution >= 0.6 is 0 Å². The van der Waals surface area contributed by atoms with Crippen LogP contribution in [0.15, 0.2) is 83.7 Å². The molecule has 2 aromatic heterocycles. The number of nitrogens with one attached hydrogen (secondary N) is 1. The van der Waals surface area contributed by atoms with Gasteiger partial charge in [-0.05, 0) is 64.4 Å². The minimum atomic E-state index is -0.0752. The van der Waals surface area contributed by atoms with E-state index in [0.717, 1.165) is 45.4 Å². The van der Waals surface area contributed by atoms with E-state index in [1.54, 1.807) is 0 Å². The van der Waals surface area contributed by atoms with Crippen molar-refractivity contribution in [3.8, 4) is 0 Å². The molecular formula is C30H32N6O. The predicted octanol–water partition coefficient (Wildman–Crippen LogP) is 5.33. The highest BCUT2D eigenvalue weighted by Gasteiger charge is 2.26. The van der Waals surface area contributed by atoms with Crippen LogP contribution in [0.5, 0.6) is 0 Å². The van der Waals surface area contributed by atoms with Crippen LogP contribution in [0.2, 0.25) is 0 Å². The molecule has 0 radical (unpaired) electrons. The number of benzene rings is 3. The highest BCUT2D eigenvalue weighted by molar-refractivity contribution is 5.83. The molecule has 188 valence electrons. The zero-order valence-corrected chi connectivity index (χ0v) is 21.6. The maximum Gasteiger partial charge on any atom is 0.252 e. The summed E-state index contributed by atoms with van der Waals surface area (Å²) in [6, 6.07) is 26.7. The second kappa shape index (κ2) is 10.9. The molecule has 0 bridgehead atoms. The number of nitrogens with zero attached hydrogens (tertiary/aromatic N) is 5. The predicted molar refractivity (Wildman–Crippen MR) is 146 cm³/mol. The number of rotatable bonds is 9. The third kappa shape index (κ3) is 5.37. The first-order valence-electron chi connectivity index (χ1n) is 12.7. The number of aromatic nitrogens is 5. The van der Waals surface area contributed by atoms with Crippen molar-refractivity contribution in [1.29, 1.82) is 0 Å². The molecule has 1 N–H and O–H groups in total. The number of pyridine rings is 1. The van der Waals surface area contributed by atoms with E-state index in [0.29, 0.717) is 19.6 Å². The Morgan fingerprint density at radius 2 is 1.62 bits per heavy atom. The summed E-state index contributed by atoms with van der Waals surface area (Å²) in [6.07, 6.45) is 0.797. The molecule has 1 unspecified atom stereocenters.